The topological polar surface area (TPSA) is 101 Å². The minimum Gasteiger partial charge on any atom is -0.399 e. The number of nitrogens with one attached hydrogen (secondary N) is 2. The van der Waals surface area contributed by atoms with Gasteiger partial charge in [-0.05, 0) is 18.2 Å². The number of rotatable bonds is 2. The first-order chi connectivity index (χ1) is 8.85. The Balaban J connectivity index is 1.95. The number of hydrogen-bond acceptors (Lipinski definition) is 4. The van der Waals surface area contributed by atoms with Crippen molar-refractivity contribution >= 4 is 38.8 Å². The summed E-state index contributed by atoms with van der Waals surface area (Å²) in [6.45, 7) is 0. The molecule has 2 atom stereocenters. The van der Waals surface area contributed by atoms with E-state index in [4.69, 9.17) is 17.3 Å². The molecule has 0 bridgehead atoms. The van der Waals surface area contributed by atoms with Crippen molar-refractivity contribution < 1.29 is 13.2 Å². The van der Waals surface area contributed by atoms with E-state index >= 15 is 0 Å². The Labute approximate surface area is 116 Å². The monoisotopic (exact) mass is 303 g/mol. The molecule has 2 unspecified atom stereocenters. The molecule has 4 N–H and O–H groups in total. The van der Waals surface area contributed by atoms with E-state index in [1.54, 1.807) is 24.3 Å². The van der Waals surface area contributed by atoms with Crippen LogP contribution in [0, 0.1) is 0 Å². The fourth-order valence-corrected chi connectivity index (χ4v) is 4.44. The minimum absolute atomic E-state index is 0.113. The summed E-state index contributed by atoms with van der Waals surface area (Å²) in [5.74, 6) is -0.247. The van der Waals surface area contributed by atoms with E-state index in [0.29, 0.717) is 11.4 Å². The number of hydrogen-bond donors (Lipinski definition) is 3. The van der Waals surface area contributed by atoms with Gasteiger partial charge in [0.2, 0.25) is 0 Å². The number of sulfone groups is 1. The van der Waals surface area contributed by atoms with Crippen LogP contribution in [-0.2, 0) is 9.84 Å². The van der Waals surface area contributed by atoms with Crippen LogP contribution >= 0.6 is 11.6 Å². The molecule has 1 aliphatic rings. The second-order valence-corrected chi connectivity index (χ2v) is 7.14. The summed E-state index contributed by atoms with van der Waals surface area (Å²) in [5, 5.41) is 4.52. The predicted octanol–water partition coefficient (Wildman–Crippen LogP) is 0.795. The molecule has 1 aliphatic heterocycles. The van der Waals surface area contributed by atoms with Gasteiger partial charge in [-0.1, -0.05) is 6.07 Å². The molecular weight excluding hydrogens is 290 g/mol. The summed E-state index contributed by atoms with van der Waals surface area (Å²) in [4.78, 5) is 11.7. The fourth-order valence-electron chi connectivity index (χ4n) is 1.89. The van der Waals surface area contributed by atoms with Crippen LogP contribution in [-0.4, -0.2) is 37.4 Å². The molecule has 2 rings (SSSR count). The molecule has 0 radical (unpaired) electrons. The molecule has 0 saturated carbocycles. The van der Waals surface area contributed by atoms with E-state index in [0.717, 1.165) is 0 Å². The van der Waals surface area contributed by atoms with E-state index in [1.807, 2.05) is 0 Å². The molecular formula is C11H14ClN3O3S. The fraction of sp³-hybridized carbons (Fsp3) is 0.364. The second kappa shape index (κ2) is 5.26. The molecule has 6 nitrogen and oxygen atoms in total. The molecule has 1 saturated heterocycles. The number of anilines is 2. The molecule has 1 heterocycles. The van der Waals surface area contributed by atoms with Crippen molar-refractivity contribution in [1.82, 2.24) is 5.32 Å². The summed E-state index contributed by atoms with van der Waals surface area (Å²) in [6.07, 6.45) is 0. The Morgan fingerprint density at radius 3 is 2.68 bits per heavy atom. The van der Waals surface area contributed by atoms with Crippen LogP contribution in [0.4, 0.5) is 16.2 Å². The maximum absolute atomic E-state index is 11.7. The van der Waals surface area contributed by atoms with E-state index in [1.165, 1.54) is 0 Å². The molecule has 1 fully saturated rings. The van der Waals surface area contributed by atoms with Crippen LogP contribution in [0.25, 0.3) is 0 Å². The van der Waals surface area contributed by atoms with Crippen molar-refractivity contribution in [2.24, 2.45) is 0 Å². The quantitative estimate of drug-likeness (QED) is 0.555. The Morgan fingerprint density at radius 1 is 1.37 bits per heavy atom. The largest absolute Gasteiger partial charge is 0.399 e. The number of nitrogen functional groups attached to an aromatic ring is 1. The van der Waals surface area contributed by atoms with Gasteiger partial charge in [-0.2, -0.15) is 0 Å². The Kier molecular flexibility index (Phi) is 3.86. The third kappa shape index (κ3) is 3.74. The van der Waals surface area contributed by atoms with Crippen molar-refractivity contribution in [3.8, 4) is 0 Å². The lowest BCUT2D eigenvalue weighted by Crippen LogP contribution is -2.42. The molecule has 1 aromatic rings. The van der Waals surface area contributed by atoms with Crippen molar-refractivity contribution in [3.63, 3.8) is 0 Å². The average molecular weight is 304 g/mol. The highest BCUT2D eigenvalue weighted by Gasteiger charge is 2.37. The first kappa shape index (κ1) is 14.0. The average Bonchev–Trinajstić information content (AvgIpc) is 2.51. The maximum Gasteiger partial charge on any atom is 0.319 e. The highest BCUT2D eigenvalue weighted by atomic mass is 35.5. The molecule has 2 amide bonds. The molecule has 0 aliphatic carbocycles. The standard InChI is InChI=1S/C11H14ClN3O3S/c12-9-5-19(17,18)6-10(9)15-11(16)14-8-3-1-2-7(13)4-8/h1-4,9-10H,5-6,13H2,(H2,14,15,16). The number of urea groups is 1. The van der Waals surface area contributed by atoms with E-state index in [2.05, 4.69) is 10.6 Å². The Hall–Kier alpha value is -1.47. The lowest BCUT2D eigenvalue weighted by atomic mass is 10.2. The van der Waals surface area contributed by atoms with Crippen LogP contribution in [0.15, 0.2) is 24.3 Å². The number of alkyl halides is 1. The third-order valence-corrected chi connectivity index (χ3v) is 5.12. The number of carbonyl (C=O) groups excluding carboxylic acids is 1. The summed E-state index contributed by atoms with van der Waals surface area (Å²) in [7, 11) is -3.16. The smallest absolute Gasteiger partial charge is 0.319 e. The Bertz CT molecular complexity index is 591. The lowest BCUT2D eigenvalue weighted by molar-refractivity contribution is 0.249. The van der Waals surface area contributed by atoms with E-state index < -0.39 is 27.3 Å². The van der Waals surface area contributed by atoms with Crippen LogP contribution in [0.3, 0.4) is 0 Å². The molecule has 8 heteroatoms. The number of amides is 2. The van der Waals surface area contributed by atoms with Gasteiger partial charge >= 0.3 is 6.03 Å². The zero-order valence-electron chi connectivity index (χ0n) is 9.97. The predicted molar refractivity (Wildman–Crippen MR) is 75.1 cm³/mol. The zero-order chi connectivity index (χ0) is 14.0. The number of carbonyl (C=O) groups is 1. The van der Waals surface area contributed by atoms with Gasteiger partial charge in [0.1, 0.15) is 0 Å². The van der Waals surface area contributed by atoms with Gasteiger partial charge in [0.15, 0.2) is 9.84 Å². The van der Waals surface area contributed by atoms with Gasteiger partial charge in [-0.25, -0.2) is 13.2 Å². The normalized spacial score (nSPS) is 24.9. The molecule has 0 spiro atoms. The second-order valence-electron chi connectivity index (χ2n) is 4.42. The first-order valence-electron chi connectivity index (χ1n) is 5.63. The molecule has 1 aromatic carbocycles. The third-order valence-electron chi connectivity index (χ3n) is 2.74. The van der Waals surface area contributed by atoms with Crippen LogP contribution in [0.5, 0.6) is 0 Å². The minimum atomic E-state index is -3.16. The van der Waals surface area contributed by atoms with Crippen LogP contribution < -0.4 is 16.4 Å². The zero-order valence-corrected chi connectivity index (χ0v) is 11.5. The summed E-state index contributed by atoms with van der Waals surface area (Å²) in [6, 6.07) is 5.60. The van der Waals surface area contributed by atoms with Crippen molar-refractivity contribution in [2.75, 3.05) is 22.6 Å². The Morgan fingerprint density at radius 2 is 2.11 bits per heavy atom. The SMILES string of the molecule is Nc1cccc(NC(=O)NC2CS(=O)(=O)CC2Cl)c1. The summed E-state index contributed by atoms with van der Waals surface area (Å²) >= 11 is 5.89. The van der Waals surface area contributed by atoms with E-state index in [9.17, 15) is 13.2 Å². The summed E-state index contributed by atoms with van der Waals surface area (Å²) in [5.41, 5.74) is 6.64. The van der Waals surface area contributed by atoms with Gasteiger partial charge in [0, 0.05) is 11.4 Å². The molecule has 19 heavy (non-hydrogen) atoms. The van der Waals surface area contributed by atoms with Crippen LogP contribution in [0.1, 0.15) is 0 Å². The first-order valence-corrected chi connectivity index (χ1v) is 7.89. The van der Waals surface area contributed by atoms with Gasteiger partial charge in [0.25, 0.3) is 0 Å². The van der Waals surface area contributed by atoms with E-state index in [-0.39, 0.29) is 11.5 Å². The highest BCUT2D eigenvalue weighted by Crippen LogP contribution is 2.18. The van der Waals surface area contributed by atoms with Crippen molar-refractivity contribution in [1.29, 1.82) is 0 Å². The van der Waals surface area contributed by atoms with Crippen LogP contribution in [0.2, 0.25) is 0 Å². The number of benzene rings is 1. The molecule has 104 valence electrons. The number of nitrogens with two attached hydrogens (primary N) is 1. The van der Waals surface area contributed by atoms with Crippen molar-refractivity contribution in [2.45, 2.75) is 11.4 Å². The van der Waals surface area contributed by atoms with Gasteiger partial charge in [0.05, 0.1) is 22.9 Å². The van der Waals surface area contributed by atoms with Crippen molar-refractivity contribution in [3.05, 3.63) is 24.3 Å². The van der Waals surface area contributed by atoms with Gasteiger partial charge in [-0.3, -0.25) is 0 Å². The number of halogens is 1. The maximum atomic E-state index is 11.7. The van der Waals surface area contributed by atoms with Gasteiger partial charge in [-0.15, -0.1) is 11.6 Å². The summed E-state index contributed by atoms with van der Waals surface area (Å²) < 4.78 is 22.7. The highest BCUT2D eigenvalue weighted by molar-refractivity contribution is 7.91. The van der Waals surface area contributed by atoms with Gasteiger partial charge < -0.3 is 16.4 Å². The molecule has 0 aromatic heterocycles. The lowest BCUT2D eigenvalue weighted by Gasteiger charge is -2.15.